The van der Waals surface area contributed by atoms with Crippen molar-refractivity contribution < 1.29 is 19.0 Å². The molecule has 0 aromatic heterocycles. The Morgan fingerprint density at radius 1 is 1.69 bits per heavy atom. The Morgan fingerprint density at radius 3 is 2.77 bits per heavy atom. The normalized spacial score (nSPS) is 36.9. The molecule has 2 heterocycles. The van der Waals surface area contributed by atoms with Gasteiger partial charge in [-0.15, -0.1) is 0 Å². The number of rotatable bonds is 2. The van der Waals surface area contributed by atoms with E-state index >= 15 is 0 Å². The lowest BCUT2D eigenvalue weighted by Gasteiger charge is -2.37. The topological polar surface area (TPSA) is 58.6 Å². The molecule has 0 radical (unpaired) electrons. The van der Waals surface area contributed by atoms with Gasteiger partial charge in [0, 0.05) is 0 Å². The molecule has 74 valence electrons. The van der Waals surface area contributed by atoms with Crippen LogP contribution in [-0.4, -0.2) is 42.5 Å². The molecule has 0 aliphatic carbocycles. The smallest absolute Gasteiger partial charge is 0.226 e. The molecule has 2 fully saturated rings. The molecule has 1 unspecified atom stereocenters. The lowest BCUT2D eigenvalue weighted by Crippen LogP contribution is -2.53. The number of nitrogens with one attached hydrogen (secondary N) is 1. The van der Waals surface area contributed by atoms with E-state index in [4.69, 9.17) is 9.84 Å². The third-order valence-corrected chi connectivity index (χ3v) is 2.71. The zero-order valence-electron chi connectivity index (χ0n) is 7.12. The van der Waals surface area contributed by atoms with Crippen LogP contribution in [0.3, 0.4) is 0 Å². The van der Waals surface area contributed by atoms with E-state index in [1.165, 1.54) is 0 Å². The van der Waals surface area contributed by atoms with E-state index in [1.807, 2.05) is 0 Å². The molecule has 1 amide bonds. The molecular weight excluding hydrogens is 177 g/mol. The highest BCUT2D eigenvalue weighted by Gasteiger charge is 2.53. The molecule has 4 nitrogen and oxygen atoms in total. The zero-order chi connectivity index (χ0) is 9.47. The Hall–Kier alpha value is -0.680. The van der Waals surface area contributed by atoms with Crippen LogP contribution in [0, 0.1) is 5.92 Å². The predicted molar refractivity (Wildman–Crippen MR) is 41.8 cm³/mol. The maximum atomic E-state index is 13.7. The molecule has 2 aliphatic heterocycles. The summed E-state index contributed by atoms with van der Waals surface area (Å²) >= 11 is 0. The summed E-state index contributed by atoms with van der Waals surface area (Å²) in [6, 6.07) is -0.286. The Bertz CT molecular complexity index is 229. The van der Waals surface area contributed by atoms with Crippen molar-refractivity contribution in [1.82, 2.24) is 5.32 Å². The summed E-state index contributed by atoms with van der Waals surface area (Å²) in [7, 11) is 0. The van der Waals surface area contributed by atoms with Crippen LogP contribution in [0.4, 0.5) is 4.39 Å². The number of halogens is 1. The van der Waals surface area contributed by atoms with Crippen molar-refractivity contribution in [2.24, 2.45) is 5.92 Å². The number of aliphatic hydroxyl groups excluding tert-OH is 1. The van der Waals surface area contributed by atoms with Crippen molar-refractivity contribution in [3.63, 3.8) is 0 Å². The quantitative estimate of drug-likeness (QED) is 0.599. The largest absolute Gasteiger partial charge is 0.394 e. The highest BCUT2D eigenvalue weighted by atomic mass is 19.1. The van der Waals surface area contributed by atoms with Crippen LogP contribution in [-0.2, 0) is 9.53 Å². The first kappa shape index (κ1) is 8.90. The Kier molecular flexibility index (Phi) is 2.00. The second kappa shape index (κ2) is 2.92. The molecule has 0 bridgehead atoms. The van der Waals surface area contributed by atoms with E-state index in [-0.39, 0.29) is 31.8 Å². The maximum Gasteiger partial charge on any atom is 0.226 e. The molecule has 2 saturated heterocycles. The first-order valence-corrected chi connectivity index (χ1v) is 4.33. The fraction of sp³-hybridized carbons (Fsp3) is 0.875. The van der Waals surface area contributed by atoms with E-state index in [0.717, 1.165) is 0 Å². The molecule has 2 aliphatic rings. The van der Waals surface area contributed by atoms with Gasteiger partial charge in [0.05, 0.1) is 31.8 Å². The third-order valence-electron chi connectivity index (χ3n) is 2.71. The Balaban J connectivity index is 2.04. The van der Waals surface area contributed by atoms with Gasteiger partial charge in [-0.1, -0.05) is 0 Å². The number of amides is 1. The first-order chi connectivity index (χ1) is 6.15. The summed E-state index contributed by atoms with van der Waals surface area (Å²) in [5.74, 6) is -0.941. The molecule has 0 aromatic rings. The van der Waals surface area contributed by atoms with Crippen LogP contribution < -0.4 is 5.32 Å². The fourth-order valence-corrected chi connectivity index (χ4v) is 1.82. The number of ether oxygens (including phenoxy) is 1. The maximum absolute atomic E-state index is 13.7. The lowest BCUT2D eigenvalue weighted by molar-refractivity contribution is -0.167. The number of alkyl halides is 1. The molecule has 13 heavy (non-hydrogen) atoms. The standard InChI is InChI=1S/C8H12FNO3/c9-8(3-13-4-8)6-1-5(2-11)10-7(6)12/h5-6,11H,1-4H2,(H,10,12)/t5?,6-/m1/s1. The van der Waals surface area contributed by atoms with E-state index < -0.39 is 11.6 Å². The van der Waals surface area contributed by atoms with Crippen LogP contribution in [0.25, 0.3) is 0 Å². The van der Waals surface area contributed by atoms with Gasteiger partial charge in [-0.3, -0.25) is 4.79 Å². The number of hydrogen-bond acceptors (Lipinski definition) is 3. The summed E-state index contributed by atoms with van der Waals surface area (Å²) in [5.41, 5.74) is -1.49. The molecule has 5 heteroatoms. The van der Waals surface area contributed by atoms with Crippen LogP contribution in [0.2, 0.25) is 0 Å². The number of hydrogen-bond donors (Lipinski definition) is 2. The third kappa shape index (κ3) is 1.32. The van der Waals surface area contributed by atoms with Gasteiger partial charge in [0.2, 0.25) is 5.91 Å². The van der Waals surface area contributed by atoms with E-state index in [1.54, 1.807) is 0 Å². The van der Waals surface area contributed by atoms with Crippen molar-refractivity contribution in [2.75, 3.05) is 19.8 Å². The Labute approximate surface area is 75.1 Å². The summed E-state index contributed by atoms with van der Waals surface area (Å²) in [6.45, 7) is -0.119. The van der Waals surface area contributed by atoms with Crippen molar-refractivity contribution in [3.05, 3.63) is 0 Å². The van der Waals surface area contributed by atoms with E-state index in [0.29, 0.717) is 6.42 Å². The molecule has 0 spiro atoms. The van der Waals surface area contributed by atoms with Crippen molar-refractivity contribution in [1.29, 1.82) is 0 Å². The van der Waals surface area contributed by atoms with Crippen molar-refractivity contribution in [3.8, 4) is 0 Å². The first-order valence-electron chi connectivity index (χ1n) is 4.33. The summed E-state index contributed by atoms with van der Waals surface area (Å²) in [5, 5.41) is 11.3. The lowest BCUT2D eigenvalue weighted by atomic mass is 9.85. The molecule has 0 saturated carbocycles. The minimum atomic E-state index is -1.49. The summed E-state index contributed by atoms with van der Waals surface area (Å²) in [6.07, 6.45) is 0.370. The van der Waals surface area contributed by atoms with Crippen LogP contribution in [0.15, 0.2) is 0 Å². The monoisotopic (exact) mass is 189 g/mol. The molecule has 2 rings (SSSR count). The SMILES string of the molecule is O=C1NC(CO)C[C@H]1C1(F)COC1. The molecule has 2 atom stereocenters. The van der Waals surface area contributed by atoms with Gasteiger partial charge < -0.3 is 15.2 Å². The molecular formula is C8H12FNO3. The van der Waals surface area contributed by atoms with E-state index in [2.05, 4.69) is 5.32 Å². The highest BCUT2D eigenvalue weighted by molar-refractivity contribution is 5.82. The van der Waals surface area contributed by atoms with Gasteiger partial charge >= 0.3 is 0 Å². The minimum Gasteiger partial charge on any atom is -0.394 e. The number of carbonyl (C=O) groups excluding carboxylic acids is 1. The summed E-state index contributed by atoms with van der Waals surface area (Å²) < 4.78 is 18.5. The van der Waals surface area contributed by atoms with Gasteiger partial charge in [0.1, 0.15) is 0 Å². The minimum absolute atomic E-state index is 0.00321. The van der Waals surface area contributed by atoms with Gasteiger partial charge in [0.25, 0.3) is 0 Å². The average Bonchev–Trinajstić information content (AvgIpc) is 2.43. The van der Waals surface area contributed by atoms with Gasteiger partial charge in [-0.25, -0.2) is 4.39 Å². The fourth-order valence-electron chi connectivity index (χ4n) is 1.82. The summed E-state index contributed by atoms with van der Waals surface area (Å²) in [4.78, 5) is 11.3. The van der Waals surface area contributed by atoms with Crippen LogP contribution >= 0.6 is 0 Å². The predicted octanol–water partition coefficient (Wildman–Crippen LogP) is -0.778. The second-order valence-electron chi connectivity index (χ2n) is 3.70. The van der Waals surface area contributed by atoms with Crippen LogP contribution in [0.1, 0.15) is 6.42 Å². The van der Waals surface area contributed by atoms with Gasteiger partial charge in [-0.05, 0) is 6.42 Å². The van der Waals surface area contributed by atoms with Crippen molar-refractivity contribution >= 4 is 5.91 Å². The van der Waals surface area contributed by atoms with Gasteiger partial charge in [-0.2, -0.15) is 0 Å². The van der Waals surface area contributed by atoms with Crippen LogP contribution in [0.5, 0.6) is 0 Å². The van der Waals surface area contributed by atoms with Gasteiger partial charge in [0.15, 0.2) is 5.67 Å². The Morgan fingerprint density at radius 2 is 2.38 bits per heavy atom. The van der Waals surface area contributed by atoms with Crippen molar-refractivity contribution in [2.45, 2.75) is 18.1 Å². The van der Waals surface area contributed by atoms with E-state index in [9.17, 15) is 9.18 Å². The second-order valence-corrected chi connectivity index (χ2v) is 3.70. The number of aliphatic hydroxyl groups is 1. The highest BCUT2D eigenvalue weighted by Crippen LogP contribution is 2.36. The molecule has 0 aromatic carbocycles. The number of carbonyl (C=O) groups is 1. The average molecular weight is 189 g/mol. The molecule has 2 N–H and O–H groups in total. The zero-order valence-corrected chi connectivity index (χ0v) is 7.12.